The SMILES string of the molecule is CCCCCCOCC(CCO)NC. The van der Waals surface area contributed by atoms with Crippen LogP contribution in [-0.4, -0.2) is 38.0 Å². The van der Waals surface area contributed by atoms with E-state index in [1.165, 1.54) is 19.3 Å². The topological polar surface area (TPSA) is 41.5 Å². The van der Waals surface area contributed by atoms with Crippen molar-refractivity contribution in [2.45, 2.75) is 45.1 Å². The molecule has 0 aromatic rings. The van der Waals surface area contributed by atoms with Gasteiger partial charge < -0.3 is 15.2 Å². The number of hydrogen-bond acceptors (Lipinski definition) is 3. The number of unbranched alkanes of at least 4 members (excludes halogenated alkanes) is 3. The molecule has 1 atom stereocenters. The lowest BCUT2D eigenvalue weighted by Crippen LogP contribution is -2.31. The Morgan fingerprint density at radius 3 is 2.64 bits per heavy atom. The zero-order valence-corrected chi connectivity index (χ0v) is 9.59. The summed E-state index contributed by atoms with van der Waals surface area (Å²) in [5.41, 5.74) is 0. The molecule has 0 bridgehead atoms. The summed E-state index contributed by atoms with van der Waals surface area (Å²) in [6.07, 6.45) is 5.76. The van der Waals surface area contributed by atoms with Crippen LogP contribution in [0.1, 0.15) is 39.0 Å². The molecule has 0 saturated heterocycles. The van der Waals surface area contributed by atoms with Crippen molar-refractivity contribution in [3.63, 3.8) is 0 Å². The van der Waals surface area contributed by atoms with Gasteiger partial charge >= 0.3 is 0 Å². The standard InChI is InChI=1S/C11H25NO2/c1-3-4-5-6-9-14-10-11(12-2)7-8-13/h11-13H,3-10H2,1-2H3. The molecule has 0 aliphatic carbocycles. The average Bonchev–Trinajstić information content (AvgIpc) is 2.21. The smallest absolute Gasteiger partial charge is 0.0620 e. The lowest BCUT2D eigenvalue weighted by Gasteiger charge is -2.14. The molecule has 0 aromatic carbocycles. The van der Waals surface area contributed by atoms with Crippen LogP contribution < -0.4 is 5.32 Å². The molecule has 2 N–H and O–H groups in total. The van der Waals surface area contributed by atoms with Gasteiger partial charge in [0.05, 0.1) is 6.61 Å². The molecule has 0 aliphatic heterocycles. The Morgan fingerprint density at radius 1 is 1.29 bits per heavy atom. The highest BCUT2D eigenvalue weighted by molar-refractivity contribution is 4.61. The largest absolute Gasteiger partial charge is 0.396 e. The molecule has 3 nitrogen and oxygen atoms in total. The first-order valence-corrected chi connectivity index (χ1v) is 5.71. The van der Waals surface area contributed by atoms with Crippen LogP contribution in [0.3, 0.4) is 0 Å². The van der Waals surface area contributed by atoms with Crippen molar-refractivity contribution in [1.29, 1.82) is 0 Å². The number of rotatable bonds is 10. The minimum absolute atomic E-state index is 0.227. The summed E-state index contributed by atoms with van der Waals surface area (Å²) in [4.78, 5) is 0. The molecule has 14 heavy (non-hydrogen) atoms. The minimum atomic E-state index is 0.227. The third kappa shape index (κ3) is 8.48. The van der Waals surface area contributed by atoms with E-state index >= 15 is 0 Å². The van der Waals surface area contributed by atoms with E-state index in [2.05, 4.69) is 12.2 Å². The quantitative estimate of drug-likeness (QED) is 0.529. The van der Waals surface area contributed by atoms with Crippen LogP contribution in [0.5, 0.6) is 0 Å². The first-order valence-electron chi connectivity index (χ1n) is 5.71. The lowest BCUT2D eigenvalue weighted by molar-refractivity contribution is 0.101. The molecule has 3 heteroatoms. The normalized spacial score (nSPS) is 13.1. The van der Waals surface area contributed by atoms with Gasteiger partial charge in [-0.05, 0) is 19.9 Å². The van der Waals surface area contributed by atoms with E-state index in [4.69, 9.17) is 9.84 Å². The number of aliphatic hydroxyl groups excluding tert-OH is 1. The van der Waals surface area contributed by atoms with Crippen molar-refractivity contribution in [3.8, 4) is 0 Å². The number of nitrogens with one attached hydrogen (secondary N) is 1. The van der Waals surface area contributed by atoms with Crippen LogP contribution in [0.25, 0.3) is 0 Å². The maximum Gasteiger partial charge on any atom is 0.0620 e. The first-order chi connectivity index (χ1) is 6.85. The van der Waals surface area contributed by atoms with Crippen molar-refractivity contribution >= 4 is 0 Å². The van der Waals surface area contributed by atoms with Gasteiger partial charge in [0.2, 0.25) is 0 Å². The summed E-state index contributed by atoms with van der Waals surface area (Å²) in [6, 6.07) is 0.297. The van der Waals surface area contributed by atoms with Gasteiger partial charge in [0.15, 0.2) is 0 Å². The Morgan fingerprint density at radius 2 is 2.07 bits per heavy atom. The third-order valence-electron chi connectivity index (χ3n) is 2.35. The van der Waals surface area contributed by atoms with E-state index in [1.54, 1.807) is 0 Å². The second-order valence-corrected chi connectivity index (χ2v) is 3.63. The fraction of sp³-hybridized carbons (Fsp3) is 1.00. The summed E-state index contributed by atoms with van der Waals surface area (Å²) in [7, 11) is 1.90. The molecule has 0 aliphatic rings. The van der Waals surface area contributed by atoms with Crippen LogP contribution >= 0.6 is 0 Å². The van der Waals surface area contributed by atoms with Crippen LogP contribution in [0.2, 0.25) is 0 Å². The zero-order chi connectivity index (χ0) is 10.6. The molecule has 0 rings (SSSR count). The molecule has 0 spiro atoms. The number of hydrogen-bond donors (Lipinski definition) is 2. The van der Waals surface area contributed by atoms with Crippen molar-refractivity contribution in [1.82, 2.24) is 5.32 Å². The van der Waals surface area contributed by atoms with Crippen molar-refractivity contribution < 1.29 is 9.84 Å². The maximum absolute atomic E-state index is 8.74. The highest BCUT2D eigenvalue weighted by Crippen LogP contribution is 1.99. The van der Waals surface area contributed by atoms with E-state index in [0.29, 0.717) is 12.6 Å². The minimum Gasteiger partial charge on any atom is -0.396 e. The molecular weight excluding hydrogens is 178 g/mol. The van der Waals surface area contributed by atoms with Crippen LogP contribution in [0.15, 0.2) is 0 Å². The summed E-state index contributed by atoms with van der Waals surface area (Å²) >= 11 is 0. The van der Waals surface area contributed by atoms with Crippen molar-refractivity contribution in [2.24, 2.45) is 0 Å². The second kappa shape index (κ2) is 11.0. The molecule has 0 heterocycles. The molecule has 0 fully saturated rings. The van der Waals surface area contributed by atoms with Crippen LogP contribution in [0.4, 0.5) is 0 Å². The maximum atomic E-state index is 8.74. The van der Waals surface area contributed by atoms with Crippen molar-refractivity contribution in [2.75, 3.05) is 26.9 Å². The highest BCUT2D eigenvalue weighted by atomic mass is 16.5. The number of aliphatic hydroxyl groups is 1. The van der Waals surface area contributed by atoms with Crippen LogP contribution in [-0.2, 0) is 4.74 Å². The number of ether oxygens (including phenoxy) is 1. The summed E-state index contributed by atoms with van der Waals surface area (Å²) < 4.78 is 5.51. The molecule has 1 unspecified atom stereocenters. The van der Waals surface area contributed by atoms with Crippen LogP contribution in [0, 0.1) is 0 Å². The highest BCUT2D eigenvalue weighted by Gasteiger charge is 2.04. The molecule has 0 saturated carbocycles. The van der Waals surface area contributed by atoms with E-state index in [-0.39, 0.29) is 6.61 Å². The zero-order valence-electron chi connectivity index (χ0n) is 9.59. The average molecular weight is 203 g/mol. The van der Waals surface area contributed by atoms with Gasteiger partial charge in [-0.3, -0.25) is 0 Å². The van der Waals surface area contributed by atoms with E-state index in [0.717, 1.165) is 19.4 Å². The number of likely N-dealkylation sites (N-methyl/N-ethyl adjacent to an activating group) is 1. The second-order valence-electron chi connectivity index (χ2n) is 3.63. The Bertz CT molecular complexity index is 109. The monoisotopic (exact) mass is 203 g/mol. The molecule has 0 amide bonds. The van der Waals surface area contributed by atoms with Gasteiger partial charge in [0.25, 0.3) is 0 Å². The van der Waals surface area contributed by atoms with Gasteiger partial charge in [-0.1, -0.05) is 26.2 Å². The Labute approximate surface area is 87.8 Å². The molecular formula is C11H25NO2. The Balaban J connectivity index is 3.15. The van der Waals surface area contributed by atoms with E-state index in [9.17, 15) is 0 Å². The summed E-state index contributed by atoms with van der Waals surface area (Å²) in [6.45, 7) is 4.00. The fourth-order valence-electron chi connectivity index (χ4n) is 1.32. The predicted octanol–water partition coefficient (Wildman–Crippen LogP) is 1.55. The fourth-order valence-corrected chi connectivity index (χ4v) is 1.32. The van der Waals surface area contributed by atoms with Crippen molar-refractivity contribution in [3.05, 3.63) is 0 Å². The predicted molar refractivity (Wildman–Crippen MR) is 59.5 cm³/mol. The summed E-state index contributed by atoms with van der Waals surface area (Å²) in [5.74, 6) is 0. The Hall–Kier alpha value is -0.120. The van der Waals surface area contributed by atoms with E-state index in [1.807, 2.05) is 7.05 Å². The molecule has 0 aromatic heterocycles. The lowest BCUT2D eigenvalue weighted by atomic mass is 10.2. The van der Waals surface area contributed by atoms with Gasteiger partial charge in [0, 0.05) is 19.3 Å². The van der Waals surface area contributed by atoms with Gasteiger partial charge in [-0.25, -0.2) is 0 Å². The molecule has 86 valence electrons. The third-order valence-corrected chi connectivity index (χ3v) is 2.35. The van der Waals surface area contributed by atoms with E-state index < -0.39 is 0 Å². The van der Waals surface area contributed by atoms with Gasteiger partial charge in [0.1, 0.15) is 0 Å². The molecule has 0 radical (unpaired) electrons. The van der Waals surface area contributed by atoms with Gasteiger partial charge in [-0.2, -0.15) is 0 Å². The summed E-state index contributed by atoms with van der Waals surface area (Å²) in [5, 5.41) is 11.9. The first kappa shape index (κ1) is 13.9. The Kier molecular flexibility index (Phi) is 10.9. The van der Waals surface area contributed by atoms with Gasteiger partial charge in [-0.15, -0.1) is 0 Å².